The second-order valence-electron chi connectivity index (χ2n) is 4.59. The minimum absolute atomic E-state index is 0.0882. The molecule has 7 heteroatoms. The first-order valence-corrected chi connectivity index (χ1v) is 8.09. The van der Waals surface area contributed by atoms with Crippen LogP contribution >= 0.6 is 0 Å². The molecule has 1 aromatic heterocycles. The highest BCUT2D eigenvalue weighted by Crippen LogP contribution is 2.04. The molecule has 114 valence electrons. The Morgan fingerprint density at radius 1 is 1.48 bits per heavy atom. The Labute approximate surface area is 125 Å². The minimum atomic E-state index is -1.04. The number of carbonyl (C=O) groups excluding carboxylic acids is 1. The molecule has 0 saturated carbocycles. The third-order valence-electron chi connectivity index (χ3n) is 2.65. The van der Waals surface area contributed by atoms with E-state index in [0.29, 0.717) is 17.7 Å². The Bertz CT molecular complexity index is 555. The van der Waals surface area contributed by atoms with Crippen LogP contribution in [0.3, 0.4) is 0 Å². The van der Waals surface area contributed by atoms with Gasteiger partial charge in [0.2, 0.25) is 0 Å². The van der Waals surface area contributed by atoms with Crippen molar-refractivity contribution in [3.8, 4) is 0 Å². The van der Waals surface area contributed by atoms with E-state index in [1.807, 2.05) is 6.92 Å². The maximum atomic E-state index is 11.9. The van der Waals surface area contributed by atoms with Gasteiger partial charge in [0, 0.05) is 41.1 Å². The zero-order valence-corrected chi connectivity index (χ0v) is 12.7. The van der Waals surface area contributed by atoms with E-state index in [4.69, 9.17) is 5.11 Å². The Kier molecular flexibility index (Phi) is 6.74. The van der Waals surface area contributed by atoms with Crippen molar-refractivity contribution in [3.63, 3.8) is 0 Å². The lowest BCUT2D eigenvalue weighted by Crippen LogP contribution is -2.34. The molecule has 0 bridgehead atoms. The van der Waals surface area contributed by atoms with Crippen molar-refractivity contribution >= 4 is 28.8 Å². The van der Waals surface area contributed by atoms with Crippen LogP contribution in [-0.4, -0.2) is 44.2 Å². The van der Waals surface area contributed by atoms with Gasteiger partial charge in [0.05, 0.1) is 0 Å². The standard InChI is InChI=1S/C14H18N2O4S/c1-10(7-8-21(2)20)16-14(19)12-5-3-11(9-15-12)4-6-13(17)18/h3-6,9-10H,7-8H2,1-2H3,(H,16,19)(H,17,18)/b6-4+. The van der Waals surface area contributed by atoms with Crippen molar-refractivity contribution in [2.45, 2.75) is 19.4 Å². The summed E-state index contributed by atoms with van der Waals surface area (Å²) < 4.78 is 11.0. The van der Waals surface area contributed by atoms with Gasteiger partial charge in [0.1, 0.15) is 5.69 Å². The molecule has 0 aromatic carbocycles. The molecule has 0 saturated heterocycles. The largest absolute Gasteiger partial charge is 0.478 e. The van der Waals surface area contributed by atoms with Gasteiger partial charge in [-0.05, 0) is 31.1 Å². The quantitative estimate of drug-likeness (QED) is 0.734. The fourth-order valence-corrected chi connectivity index (χ4v) is 2.20. The topological polar surface area (TPSA) is 96.4 Å². The van der Waals surface area contributed by atoms with E-state index in [1.54, 1.807) is 12.3 Å². The van der Waals surface area contributed by atoms with Gasteiger partial charge in [-0.15, -0.1) is 0 Å². The average Bonchev–Trinajstić information content (AvgIpc) is 2.43. The molecule has 1 rings (SSSR count). The molecule has 2 N–H and O–H groups in total. The van der Waals surface area contributed by atoms with Crippen molar-refractivity contribution in [2.24, 2.45) is 0 Å². The summed E-state index contributed by atoms with van der Waals surface area (Å²) in [6, 6.07) is 3.06. The van der Waals surface area contributed by atoms with Gasteiger partial charge in [0.15, 0.2) is 0 Å². The highest BCUT2D eigenvalue weighted by molar-refractivity contribution is 7.84. The van der Waals surface area contributed by atoms with E-state index in [9.17, 15) is 13.8 Å². The lowest BCUT2D eigenvalue weighted by atomic mass is 10.2. The molecule has 6 nitrogen and oxygen atoms in total. The fraction of sp³-hybridized carbons (Fsp3) is 0.357. The van der Waals surface area contributed by atoms with Crippen molar-refractivity contribution < 1.29 is 18.9 Å². The van der Waals surface area contributed by atoms with Crippen LogP contribution in [-0.2, 0) is 15.6 Å². The lowest BCUT2D eigenvalue weighted by Gasteiger charge is -2.12. The predicted molar refractivity (Wildman–Crippen MR) is 81.4 cm³/mol. The van der Waals surface area contributed by atoms with Crippen LogP contribution in [0.5, 0.6) is 0 Å². The minimum Gasteiger partial charge on any atom is -0.478 e. The van der Waals surface area contributed by atoms with Gasteiger partial charge in [-0.3, -0.25) is 14.0 Å². The van der Waals surface area contributed by atoms with Crippen LogP contribution in [0.15, 0.2) is 24.4 Å². The van der Waals surface area contributed by atoms with Crippen molar-refractivity contribution in [1.29, 1.82) is 0 Å². The Balaban J connectivity index is 2.58. The van der Waals surface area contributed by atoms with Gasteiger partial charge < -0.3 is 10.4 Å². The number of rotatable bonds is 7. The summed E-state index contributed by atoms with van der Waals surface area (Å²) in [6.07, 6.45) is 6.09. The Morgan fingerprint density at radius 3 is 2.71 bits per heavy atom. The number of carboxylic acid groups (broad SMARTS) is 1. The third-order valence-corrected chi connectivity index (χ3v) is 3.46. The summed E-state index contributed by atoms with van der Waals surface area (Å²) in [7, 11) is -0.877. The maximum absolute atomic E-state index is 11.9. The Hall–Kier alpha value is -2.02. The van der Waals surface area contributed by atoms with Gasteiger partial charge in [-0.1, -0.05) is 6.07 Å². The molecular weight excluding hydrogens is 292 g/mol. The maximum Gasteiger partial charge on any atom is 0.328 e. The number of hydrogen-bond donors (Lipinski definition) is 2. The summed E-state index contributed by atoms with van der Waals surface area (Å²) in [5, 5.41) is 11.3. The first-order chi connectivity index (χ1) is 9.88. The first kappa shape index (κ1) is 17.0. The number of hydrogen-bond acceptors (Lipinski definition) is 4. The zero-order valence-electron chi connectivity index (χ0n) is 11.9. The van der Waals surface area contributed by atoms with Crippen LogP contribution in [0.1, 0.15) is 29.4 Å². The molecule has 1 amide bonds. The number of pyridine rings is 1. The summed E-state index contributed by atoms with van der Waals surface area (Å²) in [6.45, 7) is 1.84. The molecular formula is C14H18N2O4S. The molecule has 2 atom stereocenters. The second kappa shape index (κ2) is 8.31. The molecule has 0 aliphatic rings. The summed E-state index contributed by atoms with van der Waals surface area (Å²) in [5.74, 6) is -0.814. The summed E-state index contributed by atoms with van der Waals surface area (Å²) in [4.78, 5) is 26.3. The molecule has 21 heavy (non-hydrogen) atoms. The van der Waals surface area contributed by atoms with E-state index in [1.165, 1.54) is 18.3 Å². The van der Waals surface area contributed by atoms with Crippen molar-refractivity contribution in [2.75, 3.05) is 12.0 Å². The average molecular weight is 310 g/mol. The number of carboxylic acids is 1. The van der Waals surface area contributed by atoms with Gasteiger partial charge in [-0.25, -0.2) is 4.79 Å². The van der Waals surface area contributed by atoms with E-state index in [-0.39, 0.29) is 17.6 Å². The number of nitrogens with one attached hydrogen (secondary N) is 1. The molecule has 0 radical (unpaired) electrons. The number of amides is 1. The molecule has 2 unspecified atom stereocenters. The summed E-state index contributed by atoms with van der Waals surface area (Å²) >= 11 is 0. The van der Waals surface area contributed by atoms with Crippen molar-refractivity contribution in [3.05, 3.63) is 35.7 Å². The van der Waals surface area contributed by atoms with Crippen LogP contribution in [0.4, 0.5) is 0 Å². The predicted octanol–water partition coefficient (Wildman–Crippen LogP) is 1.07. The molecule has 0 aliphatic carbocycles. The second-order valence-corrected chi connectivity index (χ2v) is 6.14. The first-order valence-electron chi connectivity index (χ1n) is 6.36. The normalized spacial score (nSPS) is 13.8. The van der Waals surface area contributed by atoms with Gasteiger partial charge in [0.25, 0.3) is 5.91 Å². The number of nitrogens with zero attached hydrogens (tertiary/aromatic N) is 1. The SMILES string of the molecule is CC(CCS(C)=O)NC(=O)c1ccc(/C=C/C(=O)O)cn1. The van der Waals surface area contributed by atoms with Crippen LogP contribution in [0.2, 0.25) is 0 Å². The molecule has 0 aliphatic heterocycles. The van der Waals surface area contributed by atoms with E-state index in [2.05, 4.69) is 10.3 Å². The number of aromatic nitrogens is 1. The fourth-order valence-electron chi connectivity index (χ4n) is 1.52. The Morgan fingerprint density at radius 2 is 2.19 bits per heavy atom. The third kappa shape index (κ3) is 6.80. The molecule has 0 spiro atoms. The number of aliphatic carboxylic acids is 1. The van der Waals surface area contributed by atoms with E-state index >= 15 is 0 Å². The zero-order chi connectivity index (χ0) is 15.8. The van der Waals surface area contributed by atoms with Gasteiger partial charge in [-0.2, -0.15) is 0 Å². The lowest BCUT2D eigenvalue weighted by molar-refractivity contribution is -0.131. The summed E-state index contributed by atoms with van der Waals surface area (Å²) in [5.41, 5.74) is 0.857. The van der Waals surface area contributed by atoms with Crippen LogP contribution < -0.4 is 5.32 Å². The van der Waals surface area contributed by atoms with Crippen molar-refractivity contribution in [1.82, 2.24) is 10.3 Å². The molecule has 1 aromatic rings. The highest BCUT2D eigenvalue weighted by Gasteiger charge is 2.11. The molecule has 1 heterocycles. The van der Waals surface area contributed by atoms with E-state index in [0.717, 1.165) is 6.08 Å². The van der Waals surface area contributed by atoms with Gasteiger partial charge >= 0.3 is 5.97 Å². The van der Waals surface area contributed by atoms with Crippen LogP contribution in [0, 0.1) is 0 Å². The monoisotopic (exact) mass is 310 g/mol. The highest BCUT2D eigenvalue weighted by atomic mass is 32.2. The van der Waals surface area contributed by atoms with E-state index < -0.39 is 16.8 Å². The number of carbonyl (C=O) groups is 2. The smallest absolute Gasteiger partial charge is 0.328 e. The molecule has 0 fully saturated rings. The van der Waals surface area contributed by atoms with Crippen LogP contribution in [0.25, 0.3) is 6.08 Å².